The Morgan fingerprint density at radius 3 is 2.20 bits per heavy atom. The summed E-state index contributed by atoms with van der Waals surface area (Å²) in [7, 11) is 1.36. The summed E-state index contributed by atoms with van der Waals surface area (Å²) in [5.74, 6) is -2.30. The van der Waals surface area contributed by atoms with Crippen LogP contribution in [0.5, 0.6) is 0 Å². The van der Waals surface area contributed by atoms with Crippen LogP contribution in [0.2, 0.25) is 0 Å². The van der Waals surface area contributed by atoms with Crippen molar-refractivity contribution in [3.8, 4) is 0 Å². The number of ether oxygens (including phenoxy) is 1. The molecule has 0 fully saturated rings. The second-order valence-electron chi connectivity index (χ2n) is 4.11. The molecule has 0 aliphatic heterocycles. The second-order valence-corrected chi connectivity index (χ2v) is 4.11. The van der Waals surface area contributed by atoms with Gasteiger partial charge in [0.2, 0.25) is 0 Å². The number of hydrogen-bond donors (Lipinski definition) is 1. The van der Waals surface area contributed by atoms with Crippen LogP contribution in [0.25, 0.3) is 0 Å². The van der Waals surface area contributed by atoms with E-state index in [0.29, 0.717) is 5.56 Å². The first-order valence-electron chi connectivity index (χ1n) is 5.96. The van der Waals surface area contributed by atoms with Gasteiger partial charge in [-0.2, -0.15) is 0 Å². The standard InChI is InChI=1S/C15H13F2NO2/c1-20-14(10-6-3-2-4-7-10)15(19)18-13-11(16)8-5-9-12(13)17/h2-9,14H,1H3,(H,18,19)/t14-/m0/s1. The van der Waals surface area contributed by atoms with E-state index in [1.165, 1.54) is 13.2 Å². The molecule has 20 heavy (non-hydrogen) atoms. The maximum atomic E-state index is 13.5. The molecular weight excluding hydrogens is 264 g/mol. The predicted octanol–water partition coefficient (Wildman–Crippen LogP) is 3.29. The Labute approximate surface area is 115 Å². The van der Waals surface area contributed by atoms with Gasteiger partial charge in [-0.3, -0.25) is 4.79 Å². The highest BCUT2D eigenvalue weighted by atomic mass is 19.1. The van der Waals surface area contributed by atoms with Crippen LogP contribution in [0.15, 0.2) is 48.5 Å². The molecule has 104 valence electrons. The maximum Gasteiger partial charge on any atom is 0.258 e. The zero-order valence-electron chi connectivity index (χ0n) is 10.8. The molecule has 5 heteroatoms. The number of benzene rings is 2. The SMILES string of the molecule is CO[C@H](C(=O)Nc1c(F)cccc1F)c1ccccc1. The number of rotatable bonds is 4. The number of para-hydroxylation sites is 1. The van der Waals surface area contributed by atoms with Crippen LogP contribution in [0.4, 0.5) is 14.5 Å². The van der Waals surface area contributed by atoms with E-state index in [-0.39, 0.29) is 0 Å². The summed E-state index contributed by atoms with van der Waals surface area (Å²) in [6.07, 6.45) is -0.935. The average molecular weight is 277 g/mol. The zero-order chi connectivity index (χ0) is 14.5. The third-order valence-electron chi connectivity index (χ3n) is 2.79. The molecule has 0 aromatic heterocycles. The Bertz CT molecular complexity index is 582. The molecule has 0 heterocycles. The quantitative estimate of drug-likeness (QED) is 0.931. The summed E-state index contributed by atoms with van der Waals surface area (Å²) in [6.45, 7) is 0. The largest absolute Gasteiger partial charge is 0.367 e. The summed E-state index contributed by atoms with van der Waals surface area (Å²) in [6, 6.07) is 12.1. The smallest absolute Gasteiger partial charge is 0.258 e. The molecule has 2 aromatic rings. The maximum absolute atomic E-state index is 13.5. The fourth-order valence-corrected chi connectivity index (χ4v) is 1.83. The molecule has 0 unspecified atom stereocenters. The van der Waals surface area contributed by atoms with Gasteiger partial charge in [0.15, 0.2) is 6.10 Å². The van der Waals surface area contributed by atoms with Gasteiger partial charge in [-0.25, -0.2) is 8.78 Å². The van der Waals surface area contributed by atoms with Crippen LogP contribution < -0.4 is 5.32 Å². The van der Waals surface area contributed by atoms with Gasteiger partial charge in [0.1, 0.15) is 17.3 Å². The van der Waals surface area contributed by atoms with Crippen molar-refractivity contribution in [2.24, 2.45) is 0 Å². The average Bonchev–Trinajstić information content (AvgIpc) is 2.45. The molecule has 1 atom stereocenters. The van der Waals surface area contributed by atoms with E-state index in [9.17, 15) is 13.6 Å². The Hall–Kier alpha value is -2.27. The summed E-state index contributed by atoms with van der Waals surface area (Å²) >= 11 is 0. The molecule has 2 rings (SSSR count). The van der Waals surface area contributed by atoms with E-state index in [4.69, 9.17) is 4.74 Å². The predicted molar refractivity (Wildman–Crippen MR) is 71.2 cm³/mol. The molecule has 0 radical (unpaired) electrons. The molecule has 1 N–H and O–H groups in total. The number of nitrogens with one attached hydrogen (secondary N) is 1. The van der Waals surface area contributed by atoms with E-state index in [2.05, 4.69) is 5.32 Å². The highest BCUT2D eigenvalue weighted by Gasteiger charge is 2.22. The third-order valence-corrected chi connectivity index (χ3v) is 2.79. The molecule has 0 bridgehead atoms. The Morgan fingerprint density at radius 1 is 1.05 bits per heavy atom. The van der Waals surface area contributed by atoms with Gasteiger partial charge in [0, 0.05) is 7.11 Å². The lowest BCUT2D eigenvalue weighted by atomic mass is 10.1. The summed E-state index contributed by atoms with van der Waals surface area (Å²) in [5.41, 5.74) is 0.125. The van der Waals surface area contributed by atoms with Gasteiger partial charge in [-0.05, 0) is 17.7 Å². The molecular formula is C15H13F2NO2. The van der Waals surface area contributed by atoms with E-state index >= 15 is 0 Å². The summed E-state index contributed by atoms with van der Waals surface area (Å²) in [5, 5.41) is 2.21. The van der Waals surface area contributed by atoms with Crippen molar-refractivity contribution in [2.45, 2.75) is 6.10 Å². The topological polar surface area (TPSA) is 38.3 Å². The molecule has 0 saturated heterocycles. The molecule has 0 spiro atoms. The Morgan fingerprint density at radius 2 is 1.65 bits per heavy atom. The van der Waals surface area contributed by atoms with Crippen molar-refractivity contribution in [3.05, 3.63) is 65.7 Å². The lowest BCUT2D eigenvalue weighted by molar-refractivity contribution is -0.126. The van der Waals surface area contributed by atoms with Gasteiger partial charge < -0.3 is 10.1 Å². The number of carbonyl (C=O) groups excluding carboxylic acids is 1. The highest BCUT2D eigenvalue weighted by molar-refractivity contribution is 5.95. The monoisotopic (exact) mass is 277 g/mol. The van der Waals surface area contributed by atoms with Crippen LogP contribution in [-0.4, -0.2) is 13.0 Å². The minimum Gasteiger partial charge on any atom is -0.367 e. The molecule has 0 aliphatic carbocycles. The van der Waals surface area contributed by atoms with E-state index in [1.54, 1.807) is 30.3 Å². The normalized spacial score (nSPS) is 11.9. The van der Waals surface area contributed by atoms with E-state index < -0.39 is 29.3 Å². The molecule has 0 saturated carbocycles. The first kappa shape index (κ1) is 14.1. The minimum atomic E-state index is -0.935. The summed E-state index contributed by atoms with van der Waals surface area (Å²) < 4.78 is 32.1. The highest BCUT2D eigenvalue weighted by Crippen LogP contribution is 2.22. The number of methoxy groups -OCH3 is 1. The van der Waals surface area contributed by atoms with Crippen LogP contribution in [0, 0.1) is 11.6 Å². The van der Waals surface area contributed by atoms with Crippen LogP contribution >= 0.6 is 0 Å². The number of anilines is 1. The minimum absolute atomic E-state index is 0.476. The van der Waals surface area contributed by atoms with Crippen molar-refractivity contribution >= 4 is 11.6 Å². The molecule has 2 aromatic carbocycles. The number of carbonyl (C=O) groups is 1. The van der Waals surface area contributed by atoms with Gasteiger partial charge in [-0.15, -0.1) is 0 Å². The lowest BCUT2D eigenvalue weighted by Crippen LogP contribution is -2.23. The van der Waals surface area contributed by atoms with Crippen molar-refractivity contribution in [2.75, 3.05) is 12.4 Å². The van der Waals surface area contributed by atoms with Crippen molar-refractivity contribution < 1.29 is 18.3 Å². The van der Waals surface area contributed by atoms with Crippen LogP contribution in [-0.2, 0) is 9.53 Å². The van der Waals surface area contributed by atoms with Gasteiger partial charge in [-0.1, -0.05) is 36.4 Å². The fraction of sp³-hybridized carbons (Fsp3) is 0.133. The van der Waals surface area contributed by atoms with E-state index in [1.807, 2.05) is 0 Å². The zero-order valence-corrected chi connectivity index (χ0v) is 10.8. The number of hydrogen-bond acceptors (Lipinski definition) is 2. The lowest BCUT2D eigenvalue weighted by Gasteiger charge is -2.16. The van der Waals surface area contributed by atoms with Crippen molar-refractivity contribution in [1.82, 2.24) is 0 Å². The van der Waals surface area contributed by atoms with Crippen LogP contribution in [0.1, 0.15) is 11.7 Å². The van der Waals surface area contributed by atoms with Crippen LogP contribution in [0.3, 0.4) is 0 Å². The first-order chi connectivity index (χ1) is 9.63. The number of halogens is 2. The fourth-order valence-electron chi connectivity index (χ4n) is 1.83. The second kappa shape index (κ2) is 6.25. The molecule has 3 nitrogen and oxygen atoms in total. The summed E-state index contributed by atoms with van der Waals surface area (Å²) in [4.78, 5) is 12.1. The molecule has 1 amide bonds. The van der Waals surface area contributed by atoms with E-state index in [0.717, 1.165) is 12.1 Å². The van der Waals surface area contributed by atoms with Crippen molar-refractivity contribution in [3.63, 3.8) is 0 Å². The van der Waals surface area contributed by atoms with Gasteiger partial charge >= 0.3 is 0 Å². The van der Waals surface area contributed by atoms with Gasteiger partial charge in [0.05, 0.1) is 0 Å². The third kappa shape index (κ3) is 3.00. The van der Waals surface area contributed by atoms with Crippen molar-refractivity contribution in [1.29, 1.82) is 0 Å². The Kier molecular flexibility index (Phi) is 4.42. The van der Waals surface area contributed by atoms with Gasteiger partial charge in [0.25, 0.3) is 5.91 Å². The first-order valence-corrected chi connectivity index (χ1v) is 5.96. The molecule has 0 aliphatic rings. The Balaban J connectivity index is 2.23. The number of amides is 1.